The molecule has 0 aliphatic carbocycles. The summed E-state index contributed by atoms with van der Waals surface area (Å²) in [5.41, 5.74) is 2.17. The highest BCUT2D eigenvalue weighted by Gasteiger charge is 2.27. The number of aromatic nitrogens is 3. The summed E-state index contributed by atoms with van der Waals surface area (Å²) in [6.07, 6.45) is 4.28. The van der Waals surface area contributed by atoms with E-state index in [0.29, 0.717) is 30.0 Å². The van der Waals surface area contributed by atoms with Crippen molar-refractivity contribution in [3.8, 4) is 0 Å². The van der Waals surface area contributed by atoms with Gasteiger partial charge in [-0.1, -0.05) is 48.5 Å². The predicted octanol–water partition coefficient (Wildman–Crippen LogP) is 3.20. The number of H-pyrrole nitrogens is 1. The van der Waals surface area contributed by atoms with E-state index in [0.717, 1.165) is 30.0 Å². The van der Waals surface area contributed by atoms with Crippen LogP contribution in [0.2, 0.25) is 0 Å². The number of thioether (sulfide) groups is 1. The van der Waals surface area contributed by atoms with Gasteiger partial charge in [-0.25, -0.2) is 13.4 Å². The molecule has 1 aliphatic rings. The van der Waals surface area contributed by atoms with Gasteiger partial charge < -0.3 is 5.32 Å². The number of piperidine rings is 1. The highest BCUT2D eigenvalue weighted by Crippen LogP contribution is 2.24. The van der Waals surface area contributed by atoms with Gasteiger partial charge in [0.25, 0.3) is 5.91 Å². The van der Waals surface area contributed by atoms with Crippen LogP contribution in [0.5, 0.6) is 0 Å². The molecule has 8 nitrogen and oxygen atoms in total. The van der Waals surface area contributed by atoms with Crippen molar-refractivity contribution in [1.82, 2.24) is 24.8 Å². The summed E-state index contributed by atoms with van der Waals surface area (Å²) in [6, 6.07) is 14.2. The molecule has 2 aromatic carbocycles. The summed E-state index contributed by atoms with van der Waals surface area (Å²) in [4.78, 5) is 17.0. The van der Waals surface area contributed by atoms with E-state index in [1.165, 1.54) is 18.1 Å². The zero-order valence-corrected chi connectivity index (χ0v) is 19.2. The third kappa shape index (κ3) is 5.37. The molecule has 4 rings (SSSR count). The Kier molecular flexibility index (Phi) is 7.23. The fourth-order valence-electron chi connectivity index (χ4n) is 3.59. The van der Waals surface area contributed by atoms with Crippen LogP contribution in [-0.2, 0) is 22.3 Å². The van der Waals surface area contributed by atoms with Crippen molar-refractivity contribution < 1.29 is 13.2 Å². The standard InChI is InChI=1S/C22H25N5O3S2/c28-21(18-10-8-17(9-11-18)15-31-22-24-16-25-26-22)23-14-19-6-2-3-7-20(19)32(29,30)27-12-4-1-5-13-27/h2-3,6-11,16H,1,4-5,12-15H2,(H,23,28)(H,24,25,26). The van der Waals surface area contributed by atoms with Crippen molar-refractivity contribution in [2.75, 3.05) is 13.1 Å². The van der Waals surface area contributed by atoms with Crippen molar-refractivity contribution >= 4 is 27.7 Å². The van der Waals surface area contributed by atoms with Gasteiger partial charge in [-0.2, -0.15) is 9.40 Å². The molecule has 168 valence electrons. The van der Waals surface area contributed by atoms with Crippen molar-refractivity contribution in [3.05, 3.63) is 71.5 Å². The Morgan fingerprint density at radius 2 is 1.81 bits per heavy atom. The normalized spacial score (nSPS) is 14.9. The van der Waals surface area contributed by atoms with Gasteiger partial charge in [0, 0.05) is 31.0 Å². The number of benzene rings is 2. The molecule has 1 aliphatic heterocycles. The van der Waals surface area contributed by atoms with Crippen molar-refractivity contribution in [3.63, 3.8) is 0 Å². The molecule has 3 aromatic rings. The third-order valence-corrected chi connectivity index (χ3v) is 8.28. The first-order valence-corrected chi connectivity index (χ1v) is 12.9. The molecule has 32 heavy (non-hydrogen) atoms. The molecule has 0 radical (unpaired) electrons. The molecule has 0 unspecified atom stereocenters. The molecule has 0 bridgehead atoms. The highest BCUT2D eigenvalue weighted by molar-refractivity contribution is 7.98. The second-order valence-electron chi connectivity index (χ2n) is 7.53. The molecular formula is C22H25N5O3S2. The van der Waals surface area contributed by atoms with Gasteiger partial charge in [-0.3, -0.25) is 9.89 Å². The van der Waals surface area contributed by atoms with Crippen molar-refractivity contribution in [1.29, 1.82) is 0 Å². The monoisotopic (exact) mass is 471 g/mol. The Labute approximate surface area is 191 Å². The minimum atomic E-state index is -3.57. The average molecular weight is 472 g/mol. The minimum Gasteiger partial charge on any atom is -0.348 e. The van der Waals surface area contributed by atoms with Gasteiger partial charge in [0.15, 0.2) is 5.16 Å². The number of hydrogen-bond donors (Lipinski definition) is 2. The van der Waals surface area contributed by atoms with Crippen LogP contribution in [-0.4, -0.2) is 46.9 Å². The Morgan fingerprint density at radius 1 is 1.06 bits per heavy atom. The molecule has 0 atom stereocenters. The van der Waals surface area contributed by atoms with E-state index < -0.39 is 10.0 Å². The first-order valence-electron chi connectivity index (χ1n) is 10.5. The summed E-state index contributed by atoms with van der Waals surface area (Å²) in [5.74, 6) is 0.461. The van der Waals surface area contributed by atoms with Gasteiger partial charge in [-0.15, -0.1) is 0 Å². The topological polar surface area (TPSA) is 108 Å². The van der Waals surface area contributed by atoms with Crippen LogP contribution in [0.15, 0.2) is 64.9 Å². The first-order chi connectivity index (χ1) is 15.5. The Balaban J connectivity index is 1.39. The second-order valence-corrected chi connectivity index (χ2v) is 10.4. The number of hydrogen-bond acceptors (Lipinski definition) is 6. The zero-order valence-electron chi connectivity index (χ0n) is 17.5. The lowest BCUT2D eigenvalue weighted by Crippen LogP contribution is -2.36. The van der Waals surface area contributed by atoms with Crippen LogP contribution in [0, 0.1) is 0 Å². The SMILES string of the molecule is O=C(NCc1ccccc1S(=O)(=O)N1CCCCC1)c1ccc(CSc2ncn[nH]2)cc1. The van der Waals surface area contributed by atoms with Crippen LogP contribution in [0.1, 0.15) is 40.7 Å². The van der Waals surface area contributed by atoms with Crippen molar-refractivity contribution in [2.24, 2.45) is 0 Å². The number of sulfonamides is 1. The average Bonchev–Trinajstić information content (AvgIpc) is 3.36. The molecule has 2 N–H and O–H groups in total. The maximum atomic E-state index is 13.1. The van der Waals surface area contributed by atoms with E-state index in [1.807, 2.05) is 12.1 Å². The highest BCUT2D eigenvalue weighted by atomic mass is 32.2. The number of carbonyl (C=O) groups is 1. The van der Waals surface area contributed by atoms with Gasteiger partial charge >= 0.3 is 0 Å². The summed E-state index contributed by atoms with van der Waals surface area (Å²) in [5, 5.41) is 10.2. The molecule has 1 aromatic heterocycles. The van der Waals surface area contributed by atoms with E-state index in [2.05, 4.69) is 20.5 Å². The Hall–Kier alpha value is -2.69. The number of nitrogens with zero attached hydrogens (tertiary/aromatic N) is 3. The Morgan fingerprint density at radius 3 is 2.53 bits per heavy atom. The van der Waals surface area contributed by atoms with E-state index in [4.69, 9.17) is 0 Å². The zero-order chi connectivity index (χ0) is 22.4. The van der Waals surface area contributed by atoms with Gasteiger partial charge in [-0.05, 0) is 42.2 Å². The molecule has 10 heteroatoms. The Bertz CT molecular complexity index is 1140. The van der Waals surface area contributed by atoms with Gasteiger partial charge in [0.1, 0.15) is 6.33 Å². The van der Waals surface area contributed by atoms with E-state index >= 15 is 0 Å². The largest absolute Gasteiger partial charge is 0.348 e. The quantitative estimate of drug-likeness (QED) is 0.489. The third-order valence-electron chi connectivity index (χ3n) is 5.33. The molecule has 2 heterocycles. The molecule has 0 saturated carbocycles. The maximum absolute atomic E-state index is 13.1. The molecule has 1 amide bonds. The number of rotatable bonds is 8. The minimum absolute atomic E-state index is 0.144. The van der Waals surface area contributed by atoms with Crippen LogP contribution in [0.4, 0.5) is 0 Å². The number of amides is 1. The van der Waals surface area contributed by atoms with Gasteiger partial charge in [0.05, 0.1) is 4.90 Å². The molecular weight excluding hydrogens is 446 g/mol. The summed E-state index contributed by atoms with van der Waals surface area (Å²) < 4.78 is 27.8. The summed E-state index contributed by atoms with van der Waals surface area (Å²) in [7, 11) is -3.57. The van der Waals surface area contributed by atoms with Crippen LogP contribution in [0.3, 0.4) is 0 Å². The maximum Gasteiger partial charge on any atom is 0.251 e. The van der Waals surface area contributed by atoms with Gasteiger partial charge in [0.2, 0.25) is 10.0 Å². The van der Waals surface area contributed by atoms with Crippen molar-refractivity contribution in [2.45, 2.75) is 41.6 Å². The second kappa shape index (κ2) is 10.3. The summed E-state index contributed by atoms with van der Waals surface area (Å²) in [6.45, 7) is 1.24. The fraction of sp³-hybridized carbons (Fsp3) is 0.318. The van der Waals surface area contributed by atoms with Crippen LogP contribution < -0.4 is 5.32 Å². The lowest BCUT2D eigenvalue weighted by molar-refractivity contribution is 0.0950. The fourth-order valence-corrected chi connectivity index (χ4v) is 6.07. The predicted molar refractivity (Wildman–Crippen MR) is 123 cm³/mol. The molecule has 0 spiro atoms. The lowest BCUT2D eigenvalue weighted by atomic mass is 10.1. The van der Waals surface area contributed by atoms with E-state index in [1.54, 1.807) is 40.7 Å². The molecule has 1 saturated heterocycles. The lowest BCUT2D eigenvalue weighted by Gasteiger charge is -2.26. The smallest absolute Gasteiger partial charge is 0.251 e. The van der Waals surface area contributed by atoms with Crippen LogP contribution >= 0.6 is 11.8 Å². The number of carbonyl (C=O) groups excluding carboxylic acids is 1. The van der Waals surface area contributed by atoms with E-state index in [9.17, 15) is 13.2 Å². The first kappa shape index (κ1) is 22.5. The molecule has 1 fully saturated rings. The van der Waals surface area contributed by atoms with Crippen LogP contribution in [0.25, 0.3) is 0 Å². The summed E-state index contributed by atoms with van der Waals surface area (Å²) >= 11 is 1.53. The number of aromatic amines is 1. The number of nitrogens with one attached hydrogen (secondary N) is 2. The van der Waals surface area contributed by atoms with E-state index in [-0.39, 0.29) is 17.3 Å².